The Morgan fingerprint density at radius 2 is 1.59 bits per heavy atom. The number of nitrogens with one attached hydrogen (secondary N) is 1. The van der Waals surface area contributed by atoms with Crippen LogP contribution >= 0.6 is 11.8 Å². The number of Topliss-reactive ketones (excluding diaryl/α,β-unsaturated/α-hetero) is 1. The first-order valence-corrected chi connectivity index (χ1v) is 11.1. The highest BCUT2D eigenvalue weighted by Gasteiger charge is 2.22. The van der Waals surface area contributed by atoms with Crippen LogP contribution in [0, 0.1) is 0 Å². The fourth-order valence-corrected chi connectivity index (χ4v) is 4.07. The summed E-state index contributed by atoms with van der Waals surface area (Å²) in [6, 6.07) is 26.6. The molecule has 7 heteroatoms. The number of rotatable bonds is 7. The number of hydrogen-bond donors (Lipinski definition) is 1. The SMILES string of the molecule is CC(=O)c1cccc(NC(=O)C(C)Sc2nnc(-c3ccccc3)n2-c2ccccc2)c1. The number of thioether (sulfide) groups is 1. The second-order valence-corrected chi connectivity index (χ2v) is 8.54. The molecule has 3 aromatic carbocycles. The van der Waals surface area contributed by atoms with Crippen LogP contribution in [0.25, 0.3) is 17.1 Å². The topological polar surface area (TPSA) is 76.9 Å². The van der Waals surface area contributed by atoms with Crippen LogP contribution in [-0.4, -0.2) is 31.7 Å². The van der Waals surface area contributed by atoms with E-state index in [-0.39, 0.29) is 11.7 Å². The lowest BCUT2D eigenvalue weighted by atomic mass is 10.1. The summed E-state index contributed by atoms with van der Waals surface area (Å²) >= 11 is 1.33. The van der Waals surface area contributed by atoms with Gasteiger partial charge in [-0.25, -0.2) is 0 Å². The Balaban J connectivity index is 1.60. The standard InChI is InChI=1S/C25H22N4O2S/c1-17(30)20-12-9-13-21(16-20)26-24(31)18(2)32-25-28-27-23(19-10-5-3-6-11-19)29(25)22-14-7-4-8-15-22/h3-16,18H,1-2H3,(H,26,31). The average Bonchev–Trinajstić information content (AvgIpc) is 3.23. The summed E-state index contributed by atoms with van der Waals surface area (Å²) < 4.78 is 1.96. The molecule has 0 bridgehead atoms. The summed E-state index contributed by atoms with van der Waals surface area (Å²) in [5, 5.41) is 11.9. The van der Waals surface area contributed by atoms with Gasteiger partial charge in [0.2, 0.25) is 5.91 Å². The highest BCUT2D eigenvalue weighted by atomic mass is 32.2. The van der Waals surface area contributed by atoms with Crippen molar-refractivity contribution in [1.82, 2.24) is 14.8 Å². The van der Waals surface area contributed by atoms with Crippen molar-refractivity contribution >= 4 is 29.1 Å². The zero-order valence-electron chi connectivity index (χ0n) is 17.7. The lowest BCUT2D eigenvalue weighted by Gasteiger charge is -2.14. The maximum atomic E-state index is 12.8. The molecule has 1 heterocycles. The molecule has 1 aromatic heterocycles. The van der Waals surface area contributed by atoms with E-state index in [0.29, 0.717) is 22.2 Å². The summed E-state index contributed by atoms with van der Waals surface area (Å²) in [7, 11) is 0. The molecule has 0 saturated heterocycles. The second-order valence-electron chi connectivity index (χ2n) is 7.23. The van der Waals surface area contributed by atoms with E-state index in [2.05, 4.69) is 15.5 Å². The second kappa shape index (κ2) is 9.62. The summed E-state index contributed by atoms with van der Waals surface area (Å²) in [5.74, 6) is 0.480. The van der Waals surface area contributed by atoms with Crippen molar-refractivity contribution in [1.29, 1.82) is 0 Å². The molecular formula is C25H22N4O2S. The number of amides is 1. The van der Waals surface area contributed by atoms with Crippen LogP contribution in [0.3, 0.4) is 0 Å². The molecule has 0 spiro atoms. The molecule has 0 aliphatic carbocycles. The number of benzene rings is 3. The van der Waals surface area contributed by atoms with E-state index in [4.69, 9.17) is 0 Å². The van der Waals surface area contributed by atoms with Gasteiger partial charge in [0.1, 0.15) is 0 Å². The number of carbonyl (C=O) groups is 2. The van der Waals surface area contributed by atoms with E-state index >= 15 is 0 Å². The Hall–Kier alpha value is -3.71. The van der Waals surface area contributed by atoms with Crippen molar-refractivity contribution < 1.29 is 9.59 Å². The Morgan fingerprint density at radius 1 is 0.906 bits per heavy atom. The highest BCUT2D eigenvalue weighted by Crippen LogP contribution is 2.30. The number of carbonyl (C=O) groups excluding carboxylic acids is 2. The van der Waals surface area contributed by atoms with E-state index in [1.165, 1.54) is 18.7 Å². The number of para-hydroxylation sites is 1. The number of ketones is 1. The molecule has 4 aromatic rings. The van der Waals surface area contributed by atoms with Crippen LogP contribution in [0.5, 0.6) is 0 Å². The first-order chi connectivity index (χ1) is 15.5. The molecule has 160 valence electrons. The quantitative estimate of drug-likeness (QED) is 0.312. The normalized spacial score (nSPS) is 11.7. The molecule has 4 rings (SSSR count). The van der Waals surface area contributed by atoms with Gasteiger partial charge in [-0.05, 0) is 38.1 Å². The maximum Gasteiger partial charge on any atom is 0.237 e. The van der Waals surface area contributed by atoms with Crippen LogP contribution in [0.1, 0.15) is 24.2 Å². The molecule has 0 aliphatic rings. The van der Waals surface area contributed by atoms with E-state index in [1.807, 2.05) is 72.2 Å². The lowest BCUT2D eigenvalue weighted by molar-refractivity contribution is -0.115. The van der Waals surface area contributed by atoms with Gasteiger partial charge in [0.15, 0.2) is 16.8 Å². The van der Waals surface area contributed by atoms with Gasteiger partial charge in [-0.15, -0.1) is 10.2 Å². The van der Waals surface area contributed by atoms with Crippen LogP contribution in [0.4, 0.5) is 5.69 Å². The first-order valence-electron chi connectivity index (χ1n) is 10.2. The van der Waals surface area contributed by atoms with Crippen molar-refractivity contribution in [3.8, 4) is 17.1 Å². The van der Waals surface area contributed by atoms with E-state index < -0.39 is 5.25 Å². The molecule has 0 aliphatic heterocycles. The van der Waals surface area contributed by atoms with Crippen molar-refractivity contribution in [3.05, 3.63) is 90.5 Å². The number of hydrogen-bond acceptors (Lipinski definition) is 5. The van der Waals surface area contributed by atoms with E-state index in [9.17, 15) is 9.59 Å². The van der Waals surface area contributed by atoms with Crippen molar-refractivity contribution in [2.45, 2.75) is 24.3 Å². The molecule has 6 nitrogen and oxygen atoms in total. The molecule has 1 unspecified atom stereocenters. The number of nitrogens with zero attached hydrogens (tertiary/aromatic N) is 3. The summed E-state index contributed by atoms with van der Waals surface area (Å²) in [5.41, 5.74) is 3.00. The largest absolute Gasteiger partial charge is 0.325 e. The zero-order chi connectivity index (χ0) is 22.5. The number of aromatic nitrogens is 3. The van der Waals surface area contributed by atoms with E-state index in [1.54, 1.807) is 24.3 Å². The third kappa shape index (κ3) is 4.78. The molecule has 0 saturated carbocycles. The van der Waals surface area contributed by atoms with Crippen LogP contribution in [0.15, 0.2) is 90.1 Å². The minimum absolute atomic E-state index is 0.0482. The van der Waals surface area contributed by atoms with Crippen molar-refractivity contribution in [2.75, 3.05) is 5.32 Å². The van der Waals surface area contributed by atoms with Gasteiger partial charge in [-0.1, -0.05) is 72.4 Å². The molecule has 0 radical (unpaired) electrons. The van der Waals surface area contributed by atoms with Gasteiger partial charge in [0.25, 0.3) is 0 Å². The zero-order valence-corrected chi connectivity index (χ0v) is 18.5. The molecule has 1 atom stereocenters. The van der Waals surface area contributed by atoms with E-state index in [0.717, 1.165) is 11.3 Å². The predicted molar refractivity (Wildman–Crippen MR) is 127 cm³/mol. The predicted octanol–water partition coefficient (Wildman–Crippen LogP) is 5.26. The first kappa shape index (κ1) is 21.5. The fraction of sp³-hybridized carbons (Fsp3) is 0.120. The third-order valence-corrected chi connectivity index (χ3v) is 5.91. The Bertz CT molecular complexity index is 1240. The van der Waals surface area contributed by atoms with Gasteiger partial charge >= 0.3 is 0 Å². The van der Waals surface area contributed by atoms with Crippen LogP contribution in [0.2, 0.25) is 0 Å². The minimum Gasteiger partial charge on any atom is -0.325 e. The smallest absolute Gasteiger partial charge is 0.237 e. The summed E-state index contributed by atoms with van der Waals surface area (Å²) in [4.78, 5) is 24.5. The van der Waals surface area contributed by atoms with Gasteiger partial charge in [-0.2, -0.15) is 0 Å². The molecule has 0 fully saturated rings. The van der Waals surface area contributed by atoms with Crippen LogP contribution < -0.4 is 5.32 Å². The molecular weight excluding hydrogens is 420 g/mol. The van der Waals surface area contributed by atoms with Gasteiger partial charge in [0.05, 0.1) is 5.25 Å². The Kier molecular flexibility index (Phi) is 6.47. The Labute approximate surface area is 190 Å². The fourth-order valence-electron chi connectivity index (χ4n) is 3.20. The number of anilines is 1. The average molecular weight is 443 g/mol. The van der Waals surface area contributed by atoms with Gasteiger partial charge in [0, 0.05) is 22.5 Å². The van der Waals surface area contributed by atoms with Crippen molar-refractivity contribution in [3.63, 3.8) is 0 Å². The van der Waals surface area contributed by atoms with Crippen LogP contribution in [-0.2, 0) is 4.79 Å². The van der Waals surface area contributed by atoms with Gasteiger partial charge in [-0.3, -0.25) is 14.2 Å². The lowest BCUT2D eigenvalue weighted by Crippen LogP contribution is -2.23. The maximum absolute atomic E-state index is 12.8. The molecule has 1 N–H and O–H groups in total. The van der Waals surface area contributed by atoms with Crippen molar-refractivity contribution in [2.24, 2.45) is 0 Å². The van der Waals surface area contributed by atoms with Gasteiger partial charge < -0.3 is 5.32 Å². The monoisotopic (exact) mass is 442 g/mol. The third-order valence-electron chi connectivity index (χ3n) is 4.87. The molecule has 32 heavy (non-hydrogen) atoms. The Morgan fingerprint density at radius 3 is 2.28 bits per heavy atom. The minimum atomic E-state index is -0.439. The summed E-state index contributed by atoms with van der Waals surface area (Å²) in [6.07, 6.45) is 0. The molecule has 1 amide bonds. The summed E-state index contributed by atoms with van der Waals surface area (Å²) in [6.45, 7) is 3.32. The highest BCUT2D eigenvalue weighted by molar-refractivity contribution is 8.00.